The summed E-state index contributed by atoms with van der Waals surface area (Å²) in [6, 6.07) is 0. The van der Waals surface area contributed by atoms with Crippen molar-refractivity contribution in [2.45, 2.75) is 58.2 Å². The van der Waals surface area contributed by atoms with Crippen molar-refractivity contribution in [3.63, 3.8) is 0 Å². The Hall–Kier alpha value is -0.900. The molecule has 0 aromatic carbocycles. The van der Waals surface area contributed by atoms with Crippen LogP contribution in [-0.4, -0.2) is 24.1 Å². The van der Waals surface area contributed by atoms with Gasteiger partial charge >= 0.3 is 11.9 Å². The van der Waals surface area contributed by atoms with Gasteiger partial charge in [-0.15, -0.1) is 0 Å². The summed E-state index contributed by atoms with van der Waals surface area (Å²) < 4.78 is 10.2. The summed E-state index contributed by atoms with van der Waals surface area (Å²) in [5.74, 6) is -0.469. The van der Waals surface area contributed by atoms with Gasteiger partial charge in [-0.2, -0.15) is 0 Å². The highest BCUT2D eigenvalue weighted by molar-refractivity contribution is 5.85. The van der Waals surface area contributed by atoms with Gasteiger partial charge in [-0.1, -0.05) is 6.92 Å². The Kier molecular flexibility index (Phi) is 3.82. The molecule has 0 radical (unpaired) electrons. The zero-order valence-corrected chi connectivity index (χ0v) is 10.5. The third-order valence-electron chi connectivity index (χ3n) is 3.80. The number of rotatable bonds is 4. The van der Waals surface area contributed by atoms with Crippen LogP contribution in [0, 0.1) is 11.8 Å². The van der Waals surface area contributed by atoms with Crippen LogP contribution in [0.4, 0.5) is 0 Å². The van der Waals surface area contributed by atoms with Crippen LogP contribution in [0.3, 0.4) is 0 Å². The van der Waals surface area contributed by atoms with Gasteiger partial charge in [0, 0.05) is 6.92 Å². The first-order valence-corrected chi connectivity index (χ1v) is 6.47. The molecule has 1 heterocycles. The first-order valence-electron chi connectivity index (χ1n) is 6.47. The average Bonchev–Trinajstić information content (AvgIpc) is 3.02. The lowest BCUT2D eigenvalue weighted by Crippen LogP contribution is -2.24. The Morgan fingerprint density at radius 2 is 2.12 bits per heavy atom. The number of fused-ring (bicyclic) bond motifs is 1. The highest BCUT2D eigenvalue weighted by Gasteiger charge is 2.44. The number of ether oxygens (including phenoxy) is 2. The Balaban J connectivity index is 1.81. The van der Waals surface area contributed by atoms with Crippen LogP contribution >= 0.6 is 0 Å². The molecule has 96 valence electrons. The summed E-state index contributed by atoms with van der Waals surface area (Å²) >= 11 is 0. The van der Waals surface area contributed by atoms with Gasteiger partial charge in [0.25, 0.3) is 0 Å². The molecular weight excluding hydrogens is 220 g/mol. The smallest absolute Gasteiger partial charge is 0.316 e. The van der Waals surface area contributed by atoms with E-state index in [1.165, 1.54) is 6.92 Å². The van der Waals surface area contributed by atoms with E-state index in [1.54, 1.807) is 0 Å². The standard InChI is InChI=1S/C13H20O4/c1-3-10(13(15)16-8(2)14)6-9-4-5-11-12(7-9)17-11/h9-12H,3-7H2,1-2H3. The summed E-state index contributed by atoms with van der Waals surface area (Å²) in [6.45, 7) is 3.24. The lowest BCUT2D eigenvalue weighted by atomic mass is 9.82. The van der Waals surface area contributed by atoms with Gasteiger partial charge in [0.1, 0.15) is 0 Å². The molecule has 0 aromatic rings. The number of esters is 2. The molecule has 2 aliphatic rings. The van der Waals surface area contributed by atoms with Crippen molar-refractivity contribution in [2.24, 2.45) is 11.8 Å². The summed E-state index contributed by atoms with van der Waals surface area (Å²) in [5.41, 5.74) is 0. The third kappa shape index (κ3) is 3.28. The van der Waals surface area contributed by atoms with E-state index in [0.717, 1.165) is 32.1 Å². The molecule has 4 unspecified atom stereocenters. The van der Waals surface area contributed by atoms with Crippen molar-refractivity contribution < 1.29 is 19.1 Å². The molecule has 0 spiro atoms. The van der Waals surface area contributed by atoms with Gasteiger partial charge in [-0.25, -0.2) is 0 Å². The van der Waals surface area contributed by atoms with E-state index in [9.17, 15) is 9.59 Å². The third-order valence-corrected chi connectivity index (χ3v) is 3.80. The summed E-state index contributed by atoms with van der Waals surface area (Å²) in [6.07, 6.45) is 5.81. The fourth-order valence-corrected chi connectivity index (χ4v) is 2.76. The van der Waals surface area contributed by atoms with Crippen LogP contribution in [0.15, 0.2) is 0 Å². The highest BCUT2D eigenvalue weighted by Crippen LogP contribution is 2.41. The maximum absolute atomic E-state index is 11.7. The monoisotopic (exact) mass is 240 g/mol. The average molecular weight is 240 g/mol. The topological polar surface area (TPSA) is 55.9 Å². The van der Waals surface area contributed by atoms with Crippen molar-refractivity contribution in [3.8, 4) is 0 Å². The van der Waals surface area contributed by atoms with Crippen LogP contribution < -0.4 is 0 Å². The van der Waals surface area contributed by atoms with Crippen molar-refractivity contribution in [3.05, 3.63) is 0 Å². The molecule has 0 N–H and O–H groups in total. The first kappa shape index (κ1) is 12.6. The van der Waals surface area contributed by atoms with Gasteiger partial charge in [0.15, 0.2) is 0 Å². The van der Waals surface area contributed by atoms with Crippen LogP contribution in [0.25, 0.3) is 0 Å². The van der Waals surface area contributed by atoms with Gasteiger partial charge in [0.05, 0.1) is 18.1 Å². The lowest BCUT2D eigenvalue weighted by molar-refractivity contribution is -0.161. The molecule has 1 saturated carbocycles. The number of carbonyl (C=O) groups is 2. The molecule has 1 aliphatic carbocycles. The maximum atomic E-state index is 11.7. The second kappa shape index (κ2) is 5.17. The quantitative estimate of drug-likeness (QED) is 0.429. The second-order valence-electron chi connectivity index (χ2n) is 5.15. The van der Waals surface area contributed by atoms with Crippen molar-refractivity contribution in [1.82, 2.24) is 0 Å². The minimum Gasteiger partial charge on any atom is -0.393 e. The Bertz CT molecular complexity index is 313. The van der Waals surface area contributed by atoms with Gasteiger partial charge in [-0.3, -0.25) is 9.59 Å². The molecule has 4 nitrogen and oxygen atoms in total. The van der Waals surface area contributed by atoms with Crippen molar-refractivity contribution in [2.75, 3.05) is 0 Å². The summed E-state index contributed by atoms with van der Waals surface area (Å²) in [5, 5.41) is 0. The van der Waals surface area contributed by atoms with Crippen LogP contribution in [0.1, 0.15) is 46.0 Å². The fraction of sp³-hybridized carbons (Fsp3) is 0.846. The molecule has 4 atom stereocenters. The minimum absolute atomic E-state index is 0.140. The normalized spacial score (nSPS) is 32.5. The van der Waals surface area contributed by atoms with Crippen LogP contribution in [-0.2, 0) is 19.1 Å². The number of hydrogen-bond acceptors (Lipinski definition) is 4. The van der Waals surface area contributed by atoms with E-state index in [-0.39, 0.29) is 11.9 Å². The zero-order valence-electron chi connectivity index (χ0n) is 10.5. The van der Waals surface area contributed by atoms with E-state index in [4.69, 9.17) is 4.74 Å². The molecule has 4 heteroatoms. The SMILES string of the molecule is CCC(CC1CCC2OC2C1)C(=O)OC(C)=O. The van der Waals surface area contributed by atoms with Gasteiger partial charge in [-0.05, 0) is 38.0 Å². The molecule has 0 bridgehead atoms. The molecule has 0 amide bonds. The summed E-state index contributed by atoms with van der Waals surface area (Å²) in [7, 11) is 0. The van der Waals surface area contributed by atoms with E-state index >= 15 is 0 Å². The molecule has 17 heavy (non-hydrogen) atoms. The van der Waals surface area contributed by atoms with E-state index < -0.39 is 5.97 Å². The number of epoxide rings is 1. The number of carbonyl (C=O) groups excluding carboxylic acids is 2. The molecule has 1 aliphatic heterocycles. The van der Waals surface area contributed by atoms with Crippen molar-refractivity contribution in [1.29, 1.82) is 0 Å². The van der Waals surface area contributed by atoms with E-state index in [2.05, 4.69) is 4.74 Å². The second-order valence-corrected chi connectivity index (χ2v) is 5.15. The predicted octanol–water partition coefficient (Wildman–Crippen LogP) is 2.06. The Morgan fingerprint density at radius 1 is 1.35 bits per heavy atom. The molecule has 0 aromatic heterocycles. The Morgan fingerprint density at radius 3 is 2.71 bits per heavy atom. The van der Waals surface area contributed by atoms with E-state index in [1.807, 2.05) is 6.92 Å². The molecular formula is C13H20O4. The molecule has 2 rings (SSSR count). The molecule has 2 fully saturated rings. The fourth-order valence-electron chi connectivity index (χ4n) is 2.76. The number of hydrogen-bond donors (Lipinski definition) is 0. The molecule has 1 saturated heterocycles. The predicted molar refractivity (Wildman–Crippen MR) is 61.2 cm³/mol. The maximum Gasteiger partial charge on any atom is 0.316 e. The first-order chi connectivity index (χ1) is 8.10. The Labute approximate surface area is 102 Å². The highest BCUT2D eigenvalue weighted by atomic mass is 16.6. The summed E-state index contributed by atoms with van der Waals surface area (Å²) in [4.78, 5) is 22.4. The van der Waals surface area contributed by atoms with Gasteiger partial charge in [0.2, 0.25) is 0 Å². The van der Waals surface area contributed by atoms with Gasteiger partial charge < -0.3 is 9.47 Å². The van der Waals surface area contributed by atoms with E-state index in [0.29, 0.717) is 18.1 Å². The van der Waals surface area contributed by atoms with Crippen LogP contribution in [0.2, 0.25) is 0 Å². The van der Waals surface area contributed by atoms with Crippen LogP contribution in [0.5, 0.6) is 0 Å². The minimum atomic E-state index is -0.511. The lowest BCUT2D eigenvalue weighted by Gasteiger charge is -2.22. The van der Waals surface area contributed by atoms with Crippen molar-refractivity contribution >= 4 is 11.9 Å². The largest absolute Gasteiger partial charge is 0.393 e. The zero-order chi connectivity index (χ0) is 12.4.